The van der Waals surface area contributed by atoms with Gasteiger partial charge in [-0.2, -0.15) is 0 Å². The summed E-state index contributed by atoms with van der Waals surface area (Å²) in [5.74, 6) is 0.170. The van der Waals surface area contributed by atoms with Crippen molar-refractivity contribution in [3.8, 4) is 5.75 Å². The molecule has 0 saturated carbocycles. The van der Waals surface area contributed by atoms with Crippen LogP contribution in [0.4, 0.5) is 14.9 Å². The molecule has 0 spiro atoms. The van der Waals surface area contributed by atoms with Gasteiger partial charge in [-0.1, -0.05) is 6.07 Å². The number of alkyl halides is 1. The average molecular weight is 199 g/mol. The summed E-state index contributed by atoms with van der Waals surface area (Å²) in [6.45, 7) is 0.595. The van der Waals surface area contributed by atoms with Crippen molar-refractivity contribution in [2.45, 2.75) is 6.92 Å². The van der Waals surface area contributed by atoms with E-state index >= 15 is 0 Å². The van der Waals surface area contributed by atoms with Crippen molar-refractivity contribution in [1.82, 2.24) is 0 Å². The number of halogens is 1. The first-order valence-corrected chi connectivity index (χ1v) is 3.90. The molecule has 0 saturated heterocycles. The van der Waals surface area contributed by atoms with Crippen LogP contribution in [-0.4, -0.2) is 13.0 Å². The smallest absolute Gasteiger partial charge is 0.402 e. The number of anilines is 1. The molecule has 5 heteroatoms. The van der Waals surface area contributed by atoms with Gasteiger partial charge in [0.05, 0.1) is 5.69 Å². The van der Waals surface area contributed by atoms with E-state index in [-0.39, 0.29) is 5.75 Å². The first-order chi connectivity index (χ1) is 6.63. The number of rotatable bonds is 2. The number of aryl methyl sites for hydroxylation is 1. The second-order valence-corrected chi connectivity index (χ2v) is 2.65. The Kier molecular flexibility index (Phi) is 3.28. The van der Waals surface area contributed by atoms with Crippen LogP contribution in [0.5, 0.6) is 5.75 Å². The zero-order chi connectivity index (χ0) is 10.6. The number of ether oxygens (including phenoxy) is 2. The van der Waals surface area contributed by atoms with Crippen LogP contribution in [0, 0.1) is 6.92 Å². The summed E-state index contributed by atoms with van der Waals surface area (Å²) in [6, 6.07) is 4.92. The van der Waals surface area contributed by atoms with Crippen LogP contribution in [0.3, 0.4) is 0 Å². The summed E-state index contributed by atoms with van der Waals surface area (Å²) in [6.07, 6.45) is -1.11. The minimum absolute atomic E-state index is 0.170. The predicted molar refractivity (Wildman–Crippen MR) is 48.7 cm³/mol. The fourth-order valence-corrected chi connectivity index (χ4v) is 0.894. The molecule has 4 nitrogen and oxygen atoms in total. The summed E-state index contributed by atoms with van der Waals surface area (Å²) in [5, 5.41) is 0. The molecule has 1 rings (SSSR count). The normalized spacial score (nSPS) is 9.57. The van der Waals surface area contributed by atoms with Gasteiger partial charge in [0.2, 0.25) is 6.86 Å². The number of carbonyl (C=O) groups excluding carboxylic acids is 1. The van der Waals surface area contributed by atoms with Gasteiger partial charge in [0, 0.05) is 0 Å². The van der Waals surface area contributed by atoms with E-state index in [2.05, 4.69) is 9.47 Å². The van der Waals surface area contributed by atoms with Gasteiger partial charge in [-0.3, -0.25) is 0 Å². The molecule has 0 unspecified atom stereocenters. The summed E-state index contributed by atoms with van der Waals surface area (Å²) in [4.78, 5) is 10.7. The maximum atomic E-state index is 11.6. The lowest BCUT2D eigenvalue weighted by Crippen LogP contribution is -2.10. The predicted octanol–water partition coefficient (Wildman–Crippen LogP) is 2.02. The molecule has 0 heterocycles. The molecule has 0 atom stereocenters. The van der Waals surface area contributed by atoms with Crippen LogP contribution in [0.25, 0.3) is 0 Å². The summed E-state index contributed by atoms with van der Waals surface area (Å²) >= 11 is 0. The standard InChI is InChI=1S/C9H10FNO3/c1-6-2-3-7(11)8(4-6)14-9(12)13-5-10/h2-4H,5,11H2,1H3. The van der Waals surface area contributed by atoms with E-state index in [1.165, 1.54) is 0 Å². The van der Waals surface area contributed by atoms with Crippen LogP contribution < -0.4 is 10.5 Å². The molecule has 0 amide bonds. The second-order valence-electron chi connectivity index (χ2n) is 2.65. The van der Waals surface area contributed by atoms with E-state index in [9.17, 15) is 9.18 Å². The third-order valence-corrected chi connectivity index (χ3v) is 1.53. The van der Waals surface area contributed by atoms with Crippen molar-refractivity contribution in [3.63, 3.8) is 0 Å². The van der Waals surface area contributed by atoms with Gasteiger partial charge < -0.3 is 15.2 Å². The SMILES string of the molecule is Cc1ccc(N)c(OC(=O)OCF)c1. The highest BCUT2D eigenvalue weighted by Gasteiger charge is 2.08. The number of hydrogen-bond acceptors (Lipinski definition) is 4. The largest absolute Gasteiger partial charge is 0.516 e. The first kappa shape index (κ1) is 10.3. The molecule has 0 fully saturated rings. The molecule has 0 bridgehead atoms. The minimum atomic E-state index is -1.22. The van der Waals surface area contributed by atoms with Crippen molar-refractivity contribution >= 4 is 11.8 Å². The van der Waals surface area contributed by atoms with E-state index < -0.39 is 13.0 Å². The molecular weight excluding hydrogens is 189 g/mol. The Morgan fingerprint density at radius 3 is 2.93 bits per heavy atom. The highest BCUT2D eigenvalue weighted by atomic mass is 19.1. The topological polar surface area (TPSA) is 61.5 Å². The molecule has 0 aliphatic heterocycles. The summed E-state index contributed by atoms with van der Waals surface area (Å²) in [7, 11) is 0. The maximum absolute atomic E-state index is 11.6. The van der Waals surface area contributed by atoms with E-state index in [4.69, 9.17) is 5.73 Å². The van der Waals surface area contributed by atoms with Crippen LogP contribution >= 0.6 is 0 Å². The van der Waals surface area contributed by atoms with Crippen LogP contribution in [0.2, 0.25) is 0 Å². The van der Waals surface area contributed by atoms with Gasteiger partial charge in [0.1, 0.15) is 0 Å². The third-order valence-electron chi connectivity index (χ3n) is 1.53. The second kappa shape index (κ2) is 4.45. The van der Waals surface area contributed by atoms with Gasteiger partial charge in [-0.25, -0.2) is 9.18 Å². The van der Waals surface area contributed by atoms with Crippen molar-refractivity contribution in [2.24, 2.45) is 0 Å². The van der Waals surface area contributed by atoms with Crippen molar-refractivity contribution in [3.05, 3.63) is 23.8 Å². The molecule has 1 aromatic rings. The van der Waals surface area contributed by atoms with Gasteiger partial charge in [-0.15, -0.1) is 0 Å². The summed E-state index contributed by atoms with van der Waals surface area (Å²) in [5.41, 5.74) is 6.68. The Hall–Kier alpha value is -1.78. The highest BCUT2D eigenvalue weighted by molar-refractivity contribution is 5.67. The minimum Gasteiger partial charge on any atom is -0.402 e. The fourth-order valence-electron chi connectivity index (χ4n) is 0.894. The van der Waals surface area contributed by atoms with Gasteiger partial charge in [0.25, 0.3) is 0 Å². The van der Waals surface area contributed by atoms with E-state index in [1.807, 2.05) is 6.92 Å². The lowest BCUT2D eigenvalue weighted by Gasteiger charge is -2.06. The van der Waals surface area contributed by atoms with E-state index in [1.54, 1.807) is 18.2 Å². The molecule has 2 N–H and O–H groups in total. The Bertz CT molecular complexity index is 341. The number of carbonyl (C=O) groups is 1. The molecule has 0 radical (unpaired) electrons. The number of benzene rings is 1. The maximum Gasteiger partial charge on any atom is 0.516 e. The number of nitrogens with two attached hydrogens (primary N) is 1. The Balaban J connectivity index is 2.75. The van der Waals surface area contributed by atoms with Crippen molar-refractivity contribution < 1.29 is 18.7 Å². The molecule has 0 aromatic heterocycles. The first-order valence-electron chi connectivity index (χ1n) is 3.90. The lowest BCUT2D eigenvalue weighted by molar-refractivity contribution is 0.0612. The third kappa shape index (κ3) is 2.62. The Labute approximate surface area is 80.4 Å². The molecule has 0 aliphatic carbocycles. The van der Waals surface area contributed by atoms with Crippen LogP contribution in [0.15, 0.2) is 18.2 Å². The lowest BCUT2D eigenvalue weighted by atomic mass is 10.2. The Morgan fingerprint density at radius 2 is 2.29 bits per heavy atom. The average Bonchev–Trinajstić information content (AvgIpc) is 2.12. The quantitative estimate of drug-likeness (QED) is 0.449. The van der Waals surface area contributed by atoms with Gasteiger partial charge in [-0.05, 0) is 24.6 Å². The number of hydrogen-bond donors (Lipinski definition) is 1. The highest BCUT2D eigenvalue weighted by Crippen LogP contribution is 2.22. The fraction of sp³-hybridized carbons (Fsp3) is 0.222. The van der Waals surface area contributed by atoms with Crippen LogP contribution in [0.1, 0.15) is 5.56 Å². The molecular formula is C9H10FNO3. The van der Waals surface area contributed by atoms with Crippen LogP contribution in [-0.2, 0) is 4.74 Å². The number of nitrogen functional groups attached to an aromatic ring is 1. The molecule has 1 aromatic carbocycles. The molecule has 14 heavy (non-hydrogen) atoms. The van der Waals surface area contributed by atoms with Gasteiger partial charge >= 0.3 is 6.16 Å². The molecule has 76 valence electrons. The van der Waals surface area contributed by atoms with E-state index in [0.29, 0.717) is 5.69 Å². The zero-order valence-electron chi connectivity index (χ0n) is 7.62. The molecule has 0 aliphatic rings. The van der Waals surface area contributed by atoms with Gasteiger partial charge in [0.15, 0.2) is 5.75 Å². The monoisotopic (exact) mass is 199 g/mol. The van der Waals surface area contributed by atoms with Crippen molar-refractivity contribution in [1.29, 1.82) is 0 Å². The van der Waals surface area contributed by atoms with E-state index in [0.717, 1.165) is 5.56 Å². The Morgan fingerprint density at radius 1 is 1.57 bits per heavy atom. The zero-order valence-corrected chi connectivity index (χ0v) is 7.62. The summed E-state index contributed by atoms with van der Waals surface area (Å²) < 4.78 is 20.2. The van der Waals surface area contributed by atoms with Crippen molar-refractivity contribution in [2.75, 3.05) is 12.6 Å².